The van der Waals surface area contributed by atoms with Crippen molar-refractivity contribution in [3.05, 3.63) is 77.3 Å². The summed E-state index contributed by atoms with van der Waals surface area (Å²) in [4.78, 5) is 28.5. The van der Waals surface area contributed by atoms with E-state index in [4.69, 9.17) is 25.8 Å². The maximum absolute atomic E-state index is 14.2. The third kappa shape index (κ3) is 8.32. The standard InChI is InChI=1S/C31H38ClN3O7S/c1-6-27(31(37)33-7-2)34(20-22-9-11-23(32)12-10-22)30(36)21-35(24-13-15-25(16-14-24)42-8-3)43(38,39)26-17-18-28(40-4)29(19-26)41-5/h9-19,27H,6-8,20-21H2,1-5H3,(H,33,37). The molecule has 0 aliphatic carbocycles. The van der Waals surface area contributed by atoms with Gasteiger partial charge in [-0.25, -0.2) is 8.42 Å². The smallest absolute Gasteiger partial charge is 0.264 e. The Morgan fingerprint density at radius 1 is 0.907 bits per heavy atom. The minimum atomic E-state index is -4.32. The van der Waals surface area contributed by atoms with Crippen molar-refractivity contribution in [2.24, 2.45) is 0 Å². The van der Waals surface area contributed by atoms with Gasteiger partial charge >= 0.3 is 0 Å². The monoisotopic (exact) mass is 631 g/mol. The van der Waals surface area contributed by atoms with Crippen LogP contribution in [0.4, 0.5) is 5.69 Å². The maximum Gasteiger partial charge on any atom is 0.264 e. The van der Waals surface area contributed by atoms with Crippen molar-refractivity contribution >= 4 is 39.1 Å². The van der Waals surface area contributed by atoms with Gasteiger partial charge in [-0.15, -0.1) is 0 Å². The SMILES string of the molecule is CCNC(=O)C(CC)N(Cc1ccc(Cl)cc1)C(=O)CN(c1ccc(OCC)cc1)S(=O)(=O)c1ccc(OC)c(OC)c1. The van der Waals surface area contributed by atoms with E-state index in [1.54, 1.807) is 62.4 Å². The van der Waals surface area contributed by atoms with Crippen molar-refractivity contribution in [1.82, 2.24) is 10.2 Å². The molecule has 232 valence electrons. The maximum atomic E-state index is 14.2. The first-order valence-electron chi connectivity index (χ1n) is 13.9. The van der Waals surface area contributed by atoms with Crippen LogP contribution in [0.25, 0.3) is 0 Å². The summed E-state index contributed by atoms with van der Waals surface area (Å²) in [6.45, 7) is 5.74. The predicted molar refractivity (Wildman–Crippen MR) is 166 cm³/mol. The lowest BCUT2D eigenvalue weighted by atomic mass is 10.1. The van der Waals surface area contributed by atoms with Crippen molar-refractivity contribution in [3.8, 4) is 17.2 Å². The number of amides is 2. The van der Waals surface area contributed by atoms with Gasteiger partial charge in [0.25, 0.3) is 10.0 Å². The molecule has 0 radical (unpaired) electrons. The highest BCUT2D eigenvalue weighted by Crippen LogP contribution is 2.33. The Morgan fingerprint density at radius 3 is 2.12 bits per heavy atom. The molecule has 43 heavy (non-hydrogen) atoms. The molecule has 1 N–H and O–H groups in total. The lowest BCUT2D eigenvalue weighted by Gasteiger charge is -2.33. The van der Waals surface area contributed by atoms with Gasteiger partial charge in [0.2, 0.25) is 11.8 Å². The highest BCUT2D eigenvalue weighted by atomic mass is 35.5. The molecule has 10 nitrogen and oxygen atoms in total. The van der Waals surface area contributed by atoms with Crippen molar-refractivity contribution in [2.45, 2.75) is 44.7 Å². The van der Waals surface area contributed by atoms with Gasteiger partial charge in [0, 0.05) is 24.2 Å². The van der Waals surface area contributed by atoms with Crippen molar-refractivity contribution in [1.29, 1.82) is 0 Å². The third-order valence-corrected chi connectivity index (χ3v) is 8.68. The number of nitrogens with one attached hydrogen (secondary N) is 1. The summed E-state index contributed by atoms with van der Waals surface area (Å²) in [6, 6.07) is 16.7. The van der Waals surface area contributed by atoms with Gasteiger partial charge in [-0.3, -0.25) is 13.9 Å². The fourth-order valence-electron chi connectivity index (χ4n) is 4.51. The highest BCUT2D eigenvalue weighted by molar-refractivity contribution is 7.92. The van der Waals surface area contributed by atoms with Gasteiger partial charge in [0.1, 0.15) is 18.3 Å². The van der Waals surface area contributed by atoms with Crippen LogP contribution in [0, 0.1) is 0 Å². The topological polar surface area (TPSA) is 114 Å². The lowest BCUT2D eigenvalue weighted by Crippen LogP contribution is -2.52. The van der Waals surface area contributed by atoms with Gasteiger partial charge in [0.15, 0.2) is 11.5 Å². The molecule has 0 aliphatic heterocycles. The number of methoxy groups -OCH3 is 2. The quantitative estimate of drug-likeness (QED) is 0.254. The molecule has 0 saturated heterocycles. The summed E-state index contributed by atoms with van der Waals surface area (Å²) in [5, 5.41) is 3.31. The first-order chi connectivity index (χ1) is 20.6. The van der Waals surface area contributed by atoms with Crippen LogP contribution in [0.3, 0.4) is 0 Å². The fourth-order valence-corrected chi connectivity index (χ4v) is 6.06. The number of likely N-dealkylation sites (N-methyl/N-ethyl adjacent to an activating group) is 1. The molecule has 1 unspecified atom stereocenters. The Morgan fingerprint density at radius 2 is 1.56 bits per heavy atom. The van der Waals surface area contributed by atoms with E-state index in [-0.39, 0.29) is 28.8 Å². The van der Waals surface area contributed by atoms with Gasteiger partial charge in [0.05, 0.1) is 31.4 Å². The van der Waals surface area contributed by atoms with E-state index in [9.17, 15) is 18.0 Å². The molecular weight excluding hydrogens is 594 g/mol. The Kier molecular flexibility index (Phi) is 12.1. The number of hydrogen-bond acceptors (Lipinski definition) is 7. The zero-order chi connectivity index (χ0) is 31.6. The van der Waals surface area contributed by atoms with Crippen molar-refractivity contribution < 1.29 is 32.2 Å². The van der Waals surface area contributed by atoms with Crippen LogP contribution < -0.4 is 23.8 Å². The number of carbonyl (C=O) groups excluding carboxylic acids is 2. The van der Waals surface area contributed by atoms with Crippen LogP contribution in [-0.4, -0.2) is 65.1 Å². The van der Waals surface area contributed by atoms with E-state index in [0.717, 1.165) is 9.87 Å². The van der Waals surface area contributed by atoms with Gasteiger partial charge in [-0.05, 0) is 74.4 Å². The van der Waals surface area contributed by atoms with Gasteiger partial charge in [-0.1, -0.05) is 30.7 Å². The number of benzene rings is 3. The normalized spacial score (nSPS) is 11.8. The molecule has 1 atom stereocenters. The van der Waals surface area contributed by atoms with E-state index in [1.165, 1.54) is 37.3 Å². The summed E-state index contributed by atoms with van der Waals surface area (Å²) in [5.41, 5.74) is 0.972. The Hall–Kier alpha value is -3.96. The van der Waals surface area contributed by atoms with Crippen LogP contribution in [0.5, 0.6) is 17.2 Å². The van der Waals surface area contributed by atoms with E-state index in [1.807, 2.05) is 6.92 Å². The minimum Gasteiger partial charge on any atom is -0.494 e. The molecule has 3 aromatic rings. The Labute approximate surface area is 258 Å². The van der Waals surface area contributed by atoms with E-state index in [0.29, 0.717) is 36.1 Å². The number of nitrogens with zero attached hydrogens (tertiary/aromatic N) is 2. The zero-order valence-electron chi connectivity index (χ0n) is 25.0. The number of sulfonamides is 1. The predicted octanol–water partition coefficient (Wildman–Crippen LogP) is 4.89. The van der Waals surface area contributed by atoms with Crippen LogP contribution in [0.2, 0.25) is 5.02 Å². The van der Waals surface area contributed by atoms with Crippen LogP contribution in [0.1, 0.15) is 32.8 Å². The zero-order valence-corrected chi connectivity index (χ0v) is 26.6. The first kappa shape index (κ1) is 33.5. The summed E-state index contributed by atoms with van der Waals surface area (Å²) in [6.07, 6.45) is 0.316. The first-order valence-corrected chi connectivity index (χ1v) is 15.7. The fraction of sp³-hybridized carbons (Fsp3) is 0.355. The second-order valence-electron chi connectivity index (χ2n) is 9.42. The third-order valence-electron chi connectivity index (χ3n) is 6.66. The second kappa shape index (κ2) is 15.5. The summed E-state index contributed by atoms with van der Waals surface area (Å²) >= 11 is 6.07. The summed E-state index contributed by atoms with van der Waals surface area (Å²) in [7, 11) is -1.46. The molecule has 0 fully saturated rings. The van der Waals surface area contributed by atoms with E-state index in [2.05, 4.69) is 5.32 Å². The number of anilines is 1. The molecule has 0 aliphatic rings. The number of halogens is 1. The van der Waals surface area contributed by atoms with Crippen LogP contribution in [0.15, 0.2) is 71.6 Å². The van der Waals surface area contributed by atoms with Crippen LogP contribution in [-0.2, 0) is 26.2 Å². The second-order valence-corrected chi connectivity index (χ2v) is 11.7. The molecule has 0 saturated carbocycles. The summed E-state index contributed by atoms with van der Waals surface area (Å²) in [5.74, 6) is 0.224. The lowest BCUT2D eigenvalue weighted by molar-refractivity contribution is -0.140. The van der Waals surface area contributed by atoms with Crippen molar-refractivity contribution in [3.63, 3.8) is 0 Å². The largest absolute Gasteiger partial charge is 0.494 e. The minimum absolute atomic E-state index is 0.0686. The molecule has 3 aromatic carbocycles. The van der Waals surface area contributed by atoms with Crippen molar-refractivity contribution in [2.75, 3.05) is 38.2 Å². The molecule has 2 amide bonds. The van der Waals surface area contributed by atoms with E-state index >= 15 is 0 Å². The number of rotatable bonds is 15. The van der Waals surface area contributed by atoms with Gasteiger partial charge in [-0.2, -0.15) is 0 Å². The molecule has 0 heterocycles. The molecular formula is C31H38ClN3O7S. The Bertz CT molecular complexity index is 1480. The average molecular weight is 632 g/mol. The molecule has 0 aromatic heterocycles. The summed E-state index contributed by atoms with van der Waals surface area (Å²) < 4.78 is 45.5. The average Bonchev–Trinajstić information content (AvgIpc) is 3.01. The highest BCUT2D eigenvalue weighted by Gasteiger charge is 2.34. The molecule has 3 rings (SSSR count). The van der Waals surface area contributed by atoms with Crippen LogP contribution >= 0.6 is 11.6 Å². The van der Waals surface area contributed by atoms with E-state index < -0.39 is 28.5 Å². The molecule has 0 spiro atoms. The molecule has 12 heteroatoms. The number of hydrogen-bond donors (Lipinski definition) is 1. The Balaban J connectivity index is 2.10. The number of carbonyl (C=O) groups is 2. The number of ether oxygens (including phenoxy) is 3. The molecule has 0 bridgehead atoms. The van der Waals surface area contributed by atoms with Gasteiger partial charge < -0.3 is 24.4 Å².